The van der Waals surface area contributed by atoms with Crippen molar-refractivity contribution in [2.75, 3.05) is 5.32 Å². The smallest absolute Gasteiger partial charge is 0.275 e. The lowest BCUT2D eigenvalue weighted by Crippen LogP contribution is -2.29. The molecule has 2 aromatic heterocycles. The van der Waals surface area contributed by atoms with Crippen LogP contribution in [0.2, 0.25) is 0 Å². The minimum absolute atomic E-state index is 0.173. The SMILES string of the molecule is CC(C)(C)c1nc2cc(NC(=O)Cn3ncc4ccccc4c3=O)ccc2o1. The predicted molar refractivity (Wildman–Crippen MR) is 107 cm³/mol. The Bertz CT molecular complexity index is 1250. The van der Waals surface area contributed by atoms with Crippen LogP contribution in [0.3, 0.4) is 0 Å². The minimum atomic E-state index is -0.344. The highest BCUT2D eigenvalue weighted by molar-refractivity contribution is 5.92. The monoisotopic (exact) mass is 376 g/mol. The van der Waals surface area contributed by atoms with Crippen LogP contribution >= 0.6 is 0 Å². The van der Waals surface area contributed by atoms with Gasteiger partial charge in [-0.05, 0) is 24.3 Å². The zero-order chi connectivity index (χ0) is 19.9. The van der Waals surface area contributed by atoms with Gasteiger partial charge in [-0.1, -0.05) is 39.0 Å². The number of oxazole rings is 1. The Hall–Kier alpha value is -3.48. The van der Waals surface area contributed by atoms with Gasteiger partial charge in [-0.15, -0.1) is 0 Å². The molecule has 0 saturated heterocycles. The summed E-state index contributed by atoms with van der Waals surface area (Å²) in [7, 11) is 0. The molecule has 0 aliphatic rings. The maximum absolute atomic E-state index is 12.5. The molecule has 0 saturated carbocycles. The van der Waals surface area contributed by atoms with Crippen molar-refractivity contribution >= 4 is 33.5 Å². The van der Waals surface area contributed by atoms with E-state index in [1.807, 2.05) is 32.9 Å². The number of fused-ring (bicyclic) bond motifs is 2. The van der Waals surface area contributed by atoms with Crippen LogP contribution in [0.15, 0.2) is 57.9 Å². The molecule has 1 amide bonds. The van der Waals surface area contributed by atoms with E-state index in [-0.39, 0.29) is 23.4 Å². The largest absolute Gasteiger partial charge is 0.440 e. The van der Waals surface area contributed by atoms with Crippen molar-refractivity contribution in [3.63, 3.8) is 0 Å². The van der Waals surface area contributed by atoms with Gasteiger partial charge in [-0.3, -0.25) is 9.59 Å². The topological polar surface area (TPSA) is 90.0 Å². The Morgan fingerprint density at radius 1 is 1.18 bits per heavy atom. The van der Waals surface area contributed by atoms with E-state index >= 15 is 0 Å². The van der Waals surface area contributed by atoms with E-state index in [1.54, 1.807) is 36.5 Å². The van der Waals surface area contributed by atoms with Crippen LogP contribution in [0, 0.1) is 0 Å². The summed E-state index contributed by atoms with van der Waals surface area (Å²) in [5.74, 6) is 0.293. The first kappa shape index (κ1) is 17.9. The van der Waals surface area contributed by atoms with Crippen LogP contribution in [0.4, 0.5) is 5.69 Å². The molecule has 142 valence electrons. The lowest BCUT2D eigenvalue weighted by Gasteiger charge is -2.11. The minimum Gasteiger partial charge on any atom is -0.440 e. The Morgan fingerprint density at radius 2 is 1.96 bits per heavy atom. The molecule has 0 bridgehead atoms. The normalized spacial score (nSPS) is 11.8. The summed E-state index contributed by atoms with van der Waals surface area (Å²) in [4.78, 5) is 29.4. The van der Waals surface area contributed by atoms with Gasteiger partial charge >= 0.3 is 0 Å². The average molecular weight is 376 g/mol. The Labute approximate surface area is 161 Å². The molecule has 28 heavy (non-hydrogen) atoms. The van der Waals surface area contributed by atoms with Crippen LogP contribution in [0.1, 0.15) is 26.7 Å². The van der Waals surface area contributed by atoms with Gasteiger partial charge in [0.1, 0.15) is 12.1 Å². The lowest BCUT2D eigenvalue weighted by molar-refractivity contribution is -0.117. The van der Waals surface area contributed by atoms with E-state index in [0.717, 1.165) is 10.1 Å². The Balaban J connectivity index is 1.55. The molecule has 7 nitrogen and oxygen atoms in total. The van der Waals surface area contributed by atoms with Gasteiger partial charge in [0, 0.05) is 16.5 Å². The average Bonchev–Trinajstić information content (AvgIpc) is 3.08. The number of rotatable bonds is 3. The summed E-state index contributed by atoms with van der Waals surface area (Å²) in [5, 5.41) is 8.15. The first-order valence-corrected chi connectivity index (χ1v) is 8.97. The number of carbonyl (C=O) groups is 1. The molecule has 0 atom stereocenters. The van der Waals surface area contributed by atoms with Crippen molar-refractivity contribution in [1.82, 2.24) is 14.8 Å². The van der Waals surface area contributed by atoms with Crippen molar-refractivity contribution in [2.45, 2.75) is 32.7 Å². The van der Waals surface area contributed by atoms with Crippen molar-refractivity contribution < 1.29 is 9.21 Å². The molecule has 4 aromatic rings. The third kappa shape index (κ3) is 3.38. The second kappa shape index (κ2) is 6.60. The van der Waals surface area contributed by atoms with Gasteiger partial charge in [0.15, 0.2) is 5.58 Å². The maximum atomic E-state index is 12.5. The molecule has 0 fully saturated rings. The fourth-order valence-electron chi connectivity index (χ4n) is 2.90. The van der Waals surface area contributed by atoms with Gasteiger partial charge in [-0.25, -0.2) is 9.67 Å². The number of nitrogens with one attached hydrogen (secondary N) is 1. The molecule has 7 heteroatoms. The van der Waals surface area contributed by atoms with Gasteiger partial charge in [0.25, 0.3) is 5.56 Å². The van der Waals surface area contributed by atoms with E-state index in [9.17, 15) is 9.59 Å². The number of amides is 1. The molecule has 0 spiro atoms. The third-order valence-electron chi connectivity index (χ3n) is 4.37. The number of hydrogen-bond acceptors (Lipinski definition) is 5. The van der Waals surface area contributed by atoms with E-state index in [2.05, 4.69) is 15.4 Å². The van der Waals surface area contributed by atoms with E-state index < -0.39 is 0 Å². The van der Waals surface area contributed by atoms with Crippen LogP contribution in [-0.2, 0) is 16.8 Å². The first-order chi connectivity index (χ1) is 13.3. The fraction of sp³-hybridized carbons (Fsp3) is 0.238. The van der Waals surface area contributed by atoms with E-state index in [0.29, 0.717) is 28.1 Å². The molecule has 0 aliphatic carbocycles. The molecule has 2 aromatic carbocycles. The van der Waals surface area contributed by atoms with Gasteiger partial charge < -0.3 is 9.73 Å². The third-order valence-corrected chi connectivity index (χ3v) is 4.37. The summed E-state index contributed by atoms with van der Waals surface area (Å²) in [6, 6.07) is 12.4. The highest BCUT2D eigenvalue weighted by atomic mass is 16.3. The zero-order valence-corrected chi connectivity index (χ0v) is 15.9. The van der Waals surface area contributed by atoms with Crippen LogP contribution in [-0.4, -0.2) is 20.7 Å². The second-order valence-electron chi connectivity index (χ2n) is 7.69. The van der Waals surface area contributed by atoms with Crippen molar-refractivity contribution in [3.05, 3.63) is 64.9 Å². The van der Waals surface area contributed by atoms with Crippen LogP contribution < -0.4 is 10.9 Å². The van der Waals surface area contributed by atoms with E-state index in [1.165, 1.54) is 0 Å². The second-order valence-corrected chi connectivity index (χ2v) is 7.69. The summed E-state index contributed by atoms with van der Waals surface area (Å²) < 4.78 is 6.92. The number of hydrogen-bond donors (Lipinski definition) is 1. The van der Waals surface area contributed by atoms with Crippen LogP contribution in [0.25, 0.3) is 21.9 Å². The van der Waals surface area contributed by atoms with Crippen molar-refractivity contribution in [1.29, 1.82) is 0 Å². The predicted octanol–water partition coefficient (Wildman–Crippen LogP) is 3.47. The Morgan fingerprint density at radius 3 is 2.75 bits per heavy atom. The van der Waals surface area contributed by atoms with Crippen molar-refractivity contribution in [3.8, 4) is 0 Å². The van der Waals surface area contributed by atoms with E-state index in [4.69, 9.17) is 4.42 Å². The quantitative estimate of drug-likeness (QED) is 0.591. The van der Waals surface area contributed by atoms with Gasteiger partial charge in [-0.2, -0.15) is 5.10 Å². The number of anilines is 1. The molecule has 4 rings (SSSR count). The number of aromatic nitrogens is 3. The summed E-state index contributed by atoms with van der Waals surface area (Å²) in [6.45, 7) is 5.89. The number of carbonyl (C=O) groups excluding carboxylic acids is 1. The number of benzene rings is 2. The summed E-state index contributed by atoms with van der Waals surface area (Å²) >= 11 is 0. The highest BCUT2D eigenvalue weighted by Gasteiger charge is 2.21. The van der Waals surface area contributed by atoms with Crippen LogP contribution in [0.5, 0.6) is 0 Å². The maximum Gasteiger partial charge on any atom is 0.275 e. The summed E-state index contributed by atoms with van der Waals surface area (Å²) in [5.41, 5.74) is 1.42. The standard InChI is InChI=1S/C21H20N4O3/c1-21(2,3)20-24-16-10-14(8-9-17(16)28-20)23-18(26)12-25-19(27)15-7-5-4-6-13(15)11-22-25/h4-11H,12H2,1-3H3,(H,23,26). The van der Waals surface area contributed by atoms with Gasteiger partial charge in [0.2, 0.25) is 11.8 Å². The Kier molecular flexibility index (Phi) is 4.22. The molecular formula is C21H20N4O3. The summed E-state index contributed by atoms with van der Waals surface area (Å²) in [6.07, 6.45) is 1.58. The highest BCUT2D eigenvalue weighted by Crippen LogP contribution is 2.27. The molecule has 0 aliphatic heterocycles. The fourth-order valence-corrected chi connectivity index (χ4v) is 2.90. The molecule has 1 N–H and O–H groups in total. The lowest BCUT2D eigenvalue weighted by atomic mass is 9.97. The molecule has 2 heterocycles. The number of nitrogens with zero attached hydrogens (tertiary/aromatic N) is 3. The van der Waals surface area contributed by atoms with Crippen molar-refractivity contribution in [2.24, 2.45) is 0 Å². The van der Waals surface area contributed by atoms with Gasteiger partial charge in [0.05, 0.1) is 11.6 Å². The zero-order valence-electron chi connectivity index (χ0n) is 15.9. The molecule has 0 unspecified atom stereocenters. The first-order valence-electron chi connectivity index (χ1n) is 8.97. The molecule has 0 radical (unpaired) electrons. The molecular weight excluding hydrogens is 356 g/mol.